The molecule has 5 nitrogen and oxygen atoms in total. The Labute approximate surface area is 161 Å². The van der Waals surface area contributed by atoms with Crippen LogP contribution in [0.5, 0.6) is 5.75 Å². The van der Waals surface area contributed by atoms with Gasteiger partial charge in [-0.05, 0) is 47.7 Å². The predicted octanol–water partition coefficient (Wildman–Crippen LogP) is 3.85. The van der Waals surface area contributed by atoms with E-state index in [1.165, 1.54) is 5.56 Å². The Hall–Kier alpha value is -2.82. The zero-order valence-electron chi connectivity index (χ0n) is 16.5. The van der Waals surface area contributed by atoms with Gasteiger partial charge in [0.1, 0.15) is 5.75 Å². The molecular weight excluding hydrogens is 340 g/mol. The van der Waals surface area contributed by atoms with E-state index in [2.05, 4.69) is 19.2 Å². The summed E-state index contributed by atoms with van der Waals surface area (Å²) in [7, 11) is 3.50. The van der Waals surface area contributed by atoms with Crippen LogP contribution in [-0.4, -0.2) is 37.4 Å². The molecule has 1 N–H and O–H groups in total. The zero-order valence-corrected chi connectivity index (χ0v) is 16.5. The molecule has 0 aliphatic heterocycles. The van der Waals surface area contributed by atoms with Crippen LogP contribution < -0.4 is 10.1 Å². The molecule has 0 bridgehead atoms. The molecule has 2 rings (SSSR count). The summed E-state index contributed by atoms with van der Waals surface area (Å²) in [5.41, 5.74) is 3.00. The van der Waals surface area contributed by atoms with E-state index in [0.29, 0.717) is 30.2 Å². The molecule has 0 spiro atoms. The van der Waals surface area contributed by atoms with Crippen molar-refractivity contribution in [3.05, 3.63) is 59.7 Å². The maximum absolute atomic E-state index is 12.0. The number of carbonyl (C=O) groups is 2. The lowest BCUT2D eigenvalue weighted by Gasteiger charge is -2.11. The molecule has 0 saturated heterocycles. The van der Waals surface area contributed by atoms with Crippen LogP contribution in [0.3, 0.4) is 0 Å². The van der Waals surface area contributed by atoms with Gasteiger partial charge in [-0.25, -0.2) is 0 Å². The molecule has 0 heterocycles. The van der Waals surface area contributed by atoms with Crippen molar-refractivity contribution in [2.24, 2.45) is 0 Å². The molecule has 0 aliphatic rings. The van der Waals surface area contributed by atoms with Gasteiger partial charge in [0.25, 0.3) is 5.91 Å². The summed E-state index contributed by atoms with van der Waals surface area (Å²) >= 11 is 0. The molecule has 0 fully saturated rings. The lowest BCUT2D eigenvalue weighted by atomic mass is 10.0. The van der Waals surface area contributed by atoms with Gasteiger partial charge < -0.3 is 15.0 Å². The maximum Gasteiger partial charge on any atom is 0.262 e. The van der Waals surface area contributed by atoms with Crippen LogP contribution in [0.2, 0.25) is 0 Å². The number of anilines is 1. The van der Waals surface area contributed by atoms with Gasteiger partial charge in [0.15, 0.2) is 6.61 Å². The van der Waals surface area contributed by atoms with Crippen LogP contribution in [0, 0.1) is 0 Å². The Morgan fingerprint density at radius 1 is 1.00 bits per heavy atom. The van der Waals surface area contributed by atoms with E-state index < -0.39 is 0 Å². The van der Waals surface area contributed by atoms with E-state index >= 15 is 0 Å². The second-order valence-corrected chi connectivity index (χ2v) is 7.05. The molecule has 0 atom stereocenters. The van der Waals surface area contributed by atoms with Crippen molar-refractivity contribution in [1.29, 1.82) is 0 Å². The van der Waals surface area contributed by atoms with Crippen molar-refractivity contribution in [3.63, 3.8) is 0 Å². The molecule has 0 saturated carbocycles. The molecule has 2 amide bonds. The van der Waals surface area contributed by atoms with E-state index in [1.807, 2.05) is 48.5 Å². The quantitative estimate of drug-likeness (QED) is 0.770. The van der Waals surface area contributed by atoms with Crippen molar-refractivity contribution < 1.29 is 14.3 Å². The van der Waals surface area contributed by atoms with Crippen LogP contribution in [-0.2, 0) is 16.0 Å². The normalized spacial score (nSPS) is 10.6. The molecule has 144 valence electrons. The summed E-state index contributed by atoms with van der Waals surface area (Å²) in [4.78, 5) is 25.3. The minimum absolute atomic E-state index is 0.0416. The van der Waals surface area contributed by atoms with Gasteiger partial charge >= 0.3 is 0 Å². The summed E-state index contributed by atoms with van der Waals surface area (Å²) in [6.45, 7) is 4.23. The van der Waals surface area contributed by atoms with Crippen molar-refractivity contribution in [2.75, 3.05) is 26.0 Å². The van der Waals surface area contributed by atoms with E-state index in [0.717, 1.165) is 5.56 Å². The molecule has 0 unspecified atom stereocenters. The molecule has 0 aromatic heterocycles. The smallest absolute Gasteiger partial charge is 0.262 e. The molecule has 0 aliphatic carbocycles. The summed E-state index contributed by atoms with van der Waals surface area (Å²) in [6, 6.07) is 15.3. The predicted molar refractivity (Wildman–Crippen MR) is 108 cm³/mol. The number of carbonyl (C=O) groups excluding carboxylic acids is 2. The van der Waals surface area contributed by atoms with Crippen LogP contribution in [0.15, 0.2) is 48.5 Å². The number of ether oxygens (including phenoxy) is 1. The van der Waals surface area contributed by atoms with Gasteiger partial charge in [-0.3, -0.25) is 9.59 Å². The van der Waals surface area contributed by atoms with Gasteiger partial charge in [0.05, 0.1) is 0 Å². The monoisotopic (exact) mass is 368 g/mol. The standard InChI is InChI=1S/C22H28N2O3/c1-16(2)18-8-12-20(13-9-18)27-15-21(25)23-19-10-5-17(6-11-19)7-14-22(26)24(3)4/h5-6,8-13,16H,7,14-15H2,1-4H3,(H,23,25). The number of aryl methyl sites for hydroxylation is 1. The van der Waals surface area contributed by atoms with Crippen molar-refractivity contribution in [3.8, 4) is 5.75 Å². The molecular formula is C22H28N2O3. The Bertz CT molecular complexity index is 750. The van der Waals surface area contributed by atoms with E-state index in [-0.39, 0.29) is 18.4 Å². The van der Waals surface area contributed by atoms with Crippen molar-refractivity contribution in [2.45, 2.75) is 32.6 Å². The number of nitrogens with one attached hydrogen (secondary N) is 1. The lowest BCUT2D eigenvalue weighted by Crippen LogP contribution is -2.21. The molecule has 2 aromatic rings. The average molecular weight is 368 g/mol. The Morgan fingerprint density at radius 2 is 1.63 bits per heavy atom. The second kappa shape index (κ2) is 9.76. The Morgan fingerprint density at radius 3 is 2.19 bits per heavy atom. The first-order chi connectivity index (χ1) is 12.8. The summed E-state index contributed by atoms with van der Waals surface area (Å²) in [5, 5.41) is 2.81. The molecule has 0 radical (unpaired) electrons. The summed E-state index contributed by atoms with van der Waals surface area (Å²) in [6.07, 6.45) is 1.16. The average Bonchev–Trinajstić information content (AvgIpc) is 2.65. The van der Waals surface area contributed by atoms with Crippen molar-refractivity contribution >= 4 is 17.5 Å². The van der Waals surface area contributed by atoms with E-state index in [9.17, 15) is 9.59 Å². The number of hydrogen-bond donors (Lipinski definition) is 1. The third-order valence-corrected chi connectivity index (χ3v) is 4.28. The maximum atomic E-state index is 12.0. The van der Waals surface area contributed by atoms with Gasteiger partial charge in [-0.2, -0.15) is 0 Å². The number of hydrogen-bond acceptors (Lipinski definition) is 3. The van der Waals surface area contributed by atoms with E-state index in [4.69, 9.17) is 4.74 Å². The molecule has 2 aromatic carbocycles. The van der Waals surface area contributed by atoms with Crippen LogP contribution in [0.25, 0.3) is 0 Å². The highest BCUT2D eigenvalue weighted by molar-refractivity contribution is 5.91. The van der Waals surface area contributed by atoms with Gasteiger partial charge in [0.2, 0.25) is 5.91 Å². The van der Waals surface area contributed by atoms with E-state index in [1.54, 1.807) is 19.0 Å². The SMILES string of the molecule is CC(C)c1ccc(OCC(=O)Nc2ccc(CCC(=O)N(C)C)cc2)cc1. The summed E-state index contributed by atoms with van der Waals surface area (Å²) in [5.74, 6) is 1.03. The zero-order chi connectivity index (χ0) is 19.8. The Kier molecular flexibility index (Phi) is 7.41. The van der Waals surface area contributed by atoms with Gasteiger partial charge in [-0.1, -0.05) is 38.1 Å². The third kappa shape index (κ3) is 6.77. The first kappa shape index (κ1) is 20.5. The minimum atomic E-state index is -0.210. The van der Waals surface area contributed by atoms with Crippen LogP contribution in [0.1, 0.15) is 37.3 Å². The second-order valence-electron chi connectivity index (χ2n) is 7.05. The van der Waals surface area contributed by atoms with Gasteiger partial charge in [0, 0.05) is 26.2 Å². The summed E-state index contributed by atoms with van der Waals surface area (Å²) < 4.78 is 5.53. The number of amides is 2. The number of rotatable bonds is 8. The lowest BCUT2D eigenvalue weighted by molar-refractivity contribution is -0.128. The third-order valence-electron chi connectivity index (χ3n) is 4.28. The highest BCUT2D eigenvalue weighted by Crippen LogP contribution is 2.18. The molecule has 27 heavy (non-hydrogen) atoms. The van der Waals surface area contributed by atoms with Gasteiger partial charge in [-0.15, -0.1) is 0 Å². The highest BCUT2D eigenvalue weighted by Gasteiger charge is 2.07. The largest absolute Gasteiger partial charge is 0.484 e. The van der Waals surface area contributed by atoms with Crippen LogP contribution in [0.4, 0.5) is 5.69 Å². The Balaban J connectivity index is 1.79. The highest BCUT2D eigenvalue weighted by atomic mass is 16.5. The first-order valence-corrected chi connectivity index (χ1v) is 9.17. The first-order valence-electron chi connectivity index (χ1n) is 9.17. The minimum Gasteiger partial charge on any atom is -0.484 e. The fourth-order valence-electron chi connectivity index (χ4n) is 2.52. The number of nitrogens with zero attached hydrogens (tertiary/aromatic N) is 1. The van der Waals surface area contributed by atoms with Crippen LogP contribution >= 0.6 is 0 Å². The fourth-order valence-corrected chi connectivity index (χ4v) is 2.52. The topological polar surface area (TPSA) is 58.6 Å². The number of benzene rings is 2. The fraction of sp³-hybridized carbons (Fsp3) is 0.364. The molecule has 5 heteroatoms. The van der Waals surface area contributed by atoms with Crippen molar-refractivity contribution in [1.82, 2.24) is 4.90 Å².